The number of nitrogens with zero attached hydrogens (tertiary/aromatic N) is 3. The van der Waals surface area contributed by atoms with Crippen LogP contribution in [0.2, 0.25) is 0 Å². The Kier molecular flexibility index (Phi) is 4.04. The third kappa shape index (κ3) is 2.79. The molecular weight excluding hydrogens is 347 g/mol. The minimum Gasteiger partial charge on any atom is -0.369 e. The number of carbonyl (C=O) groups is 1. The van der Waals surface area contributed by atoms with Crippen LogP contribution < -0.4 is 0 Å². The Labute approximate surface area is 150 Å². The molecule has 0 aromatic carbocycles. The minimum atomic E-state index is -4.50. The van der Waals surface area contributed by atoms with Crippen LogP contribution in [0.3, 0.4) is 0 Å². The summed E-state index contributed by atoms with van der Waals surface area (Å²) in [5.41, 5.74) is -1.08. The number of alkyl halides is 3. The van der Waals surface area contributed by atoms with Gasteiger partial charge in [-0.15, -0.1) is 0 Å². The SMILES string of the molecule is CN(C)C[C@H]1[C@@H]2CC[C@@]3(CN(C(=O)c4ccc(C(F)(F)F)nc4)C[C@@H]13)O2. The third-order valence-corrected chi connectivity index (χ3v) is 5.95. The maximum absolute atomic E-state index is 12.8. The van der Waals surface area contributed by atoms with Crippen LogP contribution in [0.4, 0.5) is 13.2 Å². The van der Waals surface area contributed by atoms with E-state index >= 15 is 0 Å². The second-order valence-corrected chi connectivity index (χ2v) is 7.91. The highest BCUT2D eigenvalue weighted by molar-refractivity contribution is 5.94. The Bertz CT molecular complexity index is 707. The molecule has 3 aliphatic heterocycles. The molecule has 4 rings (SSSR count). The largest absolute Gasteiger partial charge is 0.433 e. The van der Waals surface area contributed by atoms with Gasteiger partial charge in [-0.3, -0.25) is 9.78 Å². The van der Waals surface area contributed by atoms with E-state index in [2.05, 4.69) is 9.88 Å². The van der Waals surface area contributed by atoms with Gasteiger partial charge in [-0.05, 0) is 39.1 Å². The maximum atomic E-state index is 12.8. The van der Waals surface area contributed by atoms with Crippen molar-refractivity contribution in [2.75, 3.05) is 33.7 Å². The molecule has 5 nitrogen and oxygen atoms in total. The average molecular weight is 369 g/mol. The molecule has 1 spiro atoms. The van der Waals surface area contributed by atoms with Crippen molar-refractivity contribution in [2.45, 2.75) is 30.7 Å². The van der Waals surface area contributed by atoms with Crippen molar-refractivity contribution in [1.29, 1.82) is 0 Å². The Balaban J connectivity index is 1.51. The lowest BCUT2D eigenvalue weighted by Crippen LogP contribution is -2.40. The summed E-state index contributed by atoms with van der Waals surface area (Å²) < 4.78 is 44.2. The number of halogens is 3. The molecule has 3 aliphatic rings. The van der Waals surface area contributed by atoms with Crippen LogP contribution in [0.1, 0.15) is 28.9 Å². The molecule has 8 heteroatoms. The van der Waals surface area contributed by atoms with E-state index in [0.717, 1.165) is 31.6 Å². The maximum Gasteiger partial charge on any atom is 0.433 e. The van der Waals surface area contributed by atoms with E-state index in [9.17, 15) is 18.0 Å². The number of pyridine rings is 1. The van der Waals surface area contributed by atoms with E-state index in [4.69, 9.17) is 4.74 Å². The quantitative estimate of drug-likeness (QED) is 0.820. The molecule has 2 bridgehead atoms. The van der Waals surface area contributed by atoms with Crippen molar-refractivity contribution < 1.29 is 22.7 Å². The van der Waals surface area contributed by atoms with Gasteiger partial charge in [0, 0.05) is 31.1 Å². The van der Waals surface area contributed by atoms with Crippen LogP contribution in [0.25, 0.3) is 0 Å². The molecule has 0 N–H and O–H groups in total. The number of carbonyl (C=O) groups excluding carboxylic acids is 1. The fourth-order valence-corrected chi connectivity index (χ4v) is 4.88. The molecule has 3 saturated heterocycles. The highest BCUT2D eigenvalue weighted by Crippen LogP contribution is 2.55. The molecule has 1 amide bonds. The first-order valence-corrected chi connectivity index (χ1v) is 8.85. The molecule has 4 atom stereocenters. The molecule has 26 heavy (non-hydrogen) atoms. The van der Waals surface area contributed by atoms with E-state index < -0.39 is 11.9 Å². The standard InChI is InChI=1S/C18H22F3N3O2/c1-23(2)8-12-13-9-24(10-17(13)6-5-14(12)26-17)16(25)11-3-4-15(22-7-11)18(19,20)21/h3-4,7,12-14H,5-6,8-10H2,1-2H3/t12-,13+,14+,17+/m1/s1. The Morgan fingerprint density at radius 3 is 2.81 bits per heavy atom. The number of likely N-dealkylation sites (tertiary alicyclic amines) is 1. The van der Waals surface area contributed by atoms with E-state index in [1.165, 1.54) is 6.07 Å². The molecule has 142 valence electrons. The molecule has 1 aromatic rings. The Hall–Kier alpha value is -1.67. The molecule has 4 heterocycles. The van der Waals surface area contributed by atoms with Crippen LogP contribution in [-0.2, 0) is 10.9 Å². The van der Waals surface area contributed by atoms with E-state index in [-0.39, 0.29) is 29.1 Å². The van der Waals surface area contributed by atoms with Crippen molar-refractivity contribution in [1.82, 2.24) is 14.8 Å². The van der Waals surface area contributed by atoms with E-state index in [1.54, 1.807) is 4.90 Å². The molecule has 0 aliphatic carbocycles. The van der Waals surface area contributed by atoms with Crippen LogP contribution >= 0.6 is 0 Å². The van der Waals surface area contributed by atoms with Gasteiger partial charge >= 0.3 is 6.18 Å². The number of hydrogen-bond acceptors (Lipinski definition) is 4. The summed E-state index contributed by atoms with van der Waals surface area (Å²) in [6.45, 7) is 2.02. The molecule has 0 unspecified atom stereocenters. The van der Waals surface area contributed by atoms with Crippen molar-refractivity contribution in [2.24, 2.45) is 11.8 Å². The first-order chi connectivity index (χ1) is 12.2. The smallest absolute Gasteiger partial charge is 0.369 e. The lowest BCUT2D eigenvalue weighted by atomic mass is 9.73. The molecule has 0 saturated carbocycles. The zero-order chi connectivity index (χ0) is 18.7. The molecular formula is C18H22F3N3O2. The predicted molar refractivity (Wildman–Crippen MR) is 87.5 cm³/mol. The second kappa shape index (κ2) is 5.92. The van der Waals surface area contributed by atoms with Gasteiger partial charge in [0.1, 0.15) is 5.69 Å². The van der Waals surface area contributed by atoms with Gasteiger partial charge in [0.15, 0.2) is 0 Å². The number of rotatable bonds is 3. The summed E-state index contributed by atoms with van der Waals surface area (Å²) in [7, 11) is 4.06. The minimum absolute atomic E-state index is 0.188. The highest BCUT2D eigenvalue weighted by Gasteiger charge is 2.63. The van der Waals surface area contributed by atoms with Gasteiger partial charge < -0.3 is 14.5 Å². The summed E-state index contributed by atoms with van der Waals surface area (Å²) in [5.74, 6) is 0.406. The predicted octanol–water partition coefficient (Wildman–Crippen LogP) is 2.28. The number of ether oxygens (including phenoxy) is 1. The number of amides is 1. The molecule has 1 aromatic heterocycles. The van der Waals surface area contributed by atoms with Crippen LogP contribution in [-0.4, -0.2) is 66.1 Å². The van der Waals surface area contributed by atoms with Gasteiger partial charge in [0.25, 0.3) is 5.91 Å². The zero-order valence-electron chi connectivity index (χ0n) is 14.8. The van der Waals surface area contributed by atoms with Gasteiger partial charge in [-0.2, -0.15) is 13.2 Å². The Morgan fingerprint density at radius 2 is 2.19 bits per heavy atom. The molecule has 3 fully saturated rings. The summed E-state index contributed by atoms with van der Waals surface area (Å²) >= 11 is 0. The van der Waals surface area contributed by atoms with Crippen LogP contribution in [0, 0.1) is 11.8 Å². The number of fused-ring (bicyclic) bond motifs is 1. The lowest BCUT2D eigenvalue weighted by molar-refractivity contribution is -0.141. The summed E-state index contributed by atoms with van der Waals surface area (Å²) in [6, 6.07) is 2.07. The van der Waals surface area contributed by atoms with Gasteiger partial charge in [-0.1, -0.05) is 0 Å². The summed E-state index contributed by atoms with van der Waals surface area (Å²) in [6.07, 6.45) is -1.27. The van der Waals surface area contributed by atoms with Crippen molar-refractivity contribution >= 4 is 5.91 Å². The first-order valence-electron chi connectivity index (χ1n) is 8.85. The fourth-order valence-electron chi connectivity index (χ4n) is 4.88. The third-order valence-electron chi connectivity index (χ3n) is 5.95. The van der Waals surface area contributed by atoms with E-state index in [1.807, 2.05) is 14.1 Å². The van der Waals surface area contributed by atoms with Gasteiger partial charge in [0.2, 0.25) is 0 Å². The average Bonchev–Trinajstić information content (AvgIpc) is 3.23. The fraction of sp³-hybridized carbons (Fsp3) is 0.667. The number of aromatic nitrogens is 1. The van der Waals surface area contributed by atoms with E-state index in [0.29, 0.717) is 19.0 Å². The molecule has 0 radical (unpaired) electrons. The monoisotopic (exact) mass is 369 g/mol. The van der Waals surface area contributed by atoms with Crippen molar-refractivity contribution in [3.05, 3.63) is 29.6 Å². The normalized spacial score (nSPS) is 33.2. The second-order valence-electron chi connectivity index (χ2n) is 7.91. The highest BCUT2D eigenvalue weighted by atomic mass is 19.4. The summed E-state index contributed by atoms with van der Waals surface area (Å²) in [4.78, 5) is 20.0. The van der Waals surface area contributed by atoms with Gasteiger partial charge in [0.05, 0.1) is 23.8 Å². The lowest BCUT2D eigenvalue weighted by Gasteiger charge is -2.30. The van der Waals surface area contributed by atoms with Crippen molar-refractivity contribution in [3.8, 4) is 0 Å². The van der Waals surface area contributed by atoms with Crippen LogP contribution in [0.5, 0.6) is 0 Å². The topological polar surface area (TPSA) is 45.7 Å². The zero-order valence-corrected chi connectivity index (χ0v) is 14.8. The summed E-state index contributed by atoms with van der Waals surface area (Å²) in [5, 5.41) is 0. The van der Waals surface area contributed by atoms with Gasteiger partial charge in [-0.25, -0.2) is 0 Å². The Morgan fingerprint density at radius 1 is 1.42 bits per heavy atom. The van der Waals surface area contributed by atoms with Crippen molar-refractivity contribution in [3.63, 3.8) is 0 Å². The first kappa shape index (κ1) is 17.7. The van der Waals surface area contributed by atoms with Crippen LogP contribution in [0.15, 0.2) is 18.3 Å². The number of hydrogen-bond donors (Lipinski definition) is 0.